The maximum absolute atomic E-state index is 10.6. The van der Waals surface area contributed by atoms with Gasteiger partial charge in [-0.15, -0.1) is 0 Å². The number of hydrogen-bond donors (Lipinski definition) is 2. The second kappa shape index (κ2) is 12.7. The van der Waals surface area contributed by atoms with E-state index in [2.05, 4.69) is 109 Å². The summed E-state index contributed by atoms with van der Waals surface area (Å²) in [6.07, 6.45) is 3.90. The number of nitrogens with zero attached hydrogens (tertiary/aromatic N) is 2. The van der Waals surface area contributed by atoms with Crippen molar-refractivity contribution in [1.29, 1.82) is 0 Å². The van der Waals surface area contributed by atoms with Crippen molar-refractivity contribution in [3.63, 3.8) is 0 Å². The zero-order valence-electron chi connectivity index (χ0n) is 26.5. The summed E-state index contributed by atoms with van der Waals surface area (Å²) in [7, 11) is 4.20. The Morgan fingerprint density at radius 3 is 2.51 bits per heavy atom. The molecule has 0 fully saturated rings. The third-order valence-electron chi connectivity index (χ3n) is 9.39. The van der Waals surface area contributed by atoms with E-state index in [9.17, 15) is 4.79 Å². The molecule has 1 atom stereocenters. The van der Waals surface area contributed by atoms with Gasteiger partial charge in [0, 0.05) is 37.4 Å². The monoisotopic (exact) mass is 595 g/mol. The molecule has 0 radical (unpaired) electrons. The summed E-state index contributed by atoms with van der Waals surface area (Å²) in [5.74, 6) is -0.392. The number of hydrogen-bond acceptors (Lipinski definition) is 4. The van der Waals surface area contributed by atoms with E-state index in [0.717, 1.165) is 36.8 Å². The third-order valence-corrected chi connectivity index (χ3v) is 9.39. The Balaban J connectivity index is 0.000000229. The Hall–Kier alpha value is -4.74. The number of rotatable bonds is 6. The Labute approximate surface area is 265 Å². The Bertz CT molecular complexity index is 2000. The average molecular weight is 596 g/mol. The minimum Gasteiger partial charge on any atom is -0.478 e. The number of aromatic carboxylic acids is 1. The molecule has 0 bridgehead atoms. The van der Waals surface area contributed by atoms with Gasteiger partial charge in [0.25, 0.3) is 0 Å². The van der Waals surface area contributed by atoms with E-state index in [4.69, 9.17) is 5.11 Å². The van der Waals surface area contributed by atoms with Crippen LogP contribution in [0.25, 0.3) is 32.4 Å². The lowest BCUT2D eigenvalue weighted by atomic mass is 9.63. The maximum atomic E-state index is 10.6. The lowest BCUT2D eigenvalue weighted by Gasteiger charge is -2.41. The summed E-state index contributed by atoms with van der Waals surface area (Å²) in [6, 6.07) is 35.9. The van der Waals surface area contributed by atoms with Crippen LogP contribution < -0.4 is 10.2 Å². The number of aromatic nitrogens is 1. The molecule has 0 aliphatic heterocycles. The van der Waals surface area contributed by atoms with Crippen LogP contribution in [0.15, 0.2) is 109 Å². The zero-order chi connectivity index (χ0) is 31.6. The zero-order valence-corrected chi connectivity index (χ0v) is 26.5. The molecule has 228 valence electrons. The second-order valence-electron chi connectivity index (χ2n) is 12.8. The standard InChI is InChI=1S/C30H34N2.C10H7NO2/c1-30(2)20-28-22(13-15-26-25-11-6-5-8-21(25)12-14-27(26)28)19-29(30)23-9-7-10-24(18-23)32(4)17-16-31-3;12-10(13)8-3-4-9-7(6-8)2-1-5-11-9/h5-15,18,29,31H,16-17,19-20H2,1-4H3;1-6H,(H,12,13). The van der Waals surface area contributed by atoms with Gasteiger partial charge in [0.05, 0.1) is 11.1 Å². The third kappa shape index (κ3) is 6.27. The van der Waals surface area contributed by atoms with Crippen molar-refractivity contribution < 1.29 is 9.90 Å². The number of fused-ring (bicyclic) bond motifs is 6. The molecule has 1 aromatic heterocycles. The molecule has 1 aliphatic rings. The van der Waals surface area contributed by atoms with Crippen molar-refractivity contribution in [2.45, 2.75) is 32.6 Å². The lowest BCUT2D eigenvalue weighted by molar-refractivity contribution is 0.0697. The summed E-state index contributed by atoms with van der Waals surface area (Å²) < 4.78 is 0. The molecule has 1 unspecified atom stereocenters. The Morgan fingerprint density at radius 1 is 0.889 bits per heavy atom. The van der Waals surface area contributed by atoms with Crippen LogP contribution in [-0.4, -0.2) is 43.2 Å². The molecule has 1 heterocycles. The predicted molar refractivity (Wildman–Crippen MR) is 188 cm³/mol. The molecular formula is C40H41N3O2. The molecule has 6 aromatic rings. The van der Waals surface area contributed by atoms with Gasteiger partial charge in [-0.25, -0.2) is 4.79 Å². The van der Waals surface area contributed by atoms with Crippen LogP contribution in [0.5, 0.6) is 0 Å². The van der Waals surface area contributed by atoms with Crippen molar-refractivity contribution in [3.05, 3.63) is 132 Å². The minimum atomic E-state index is -0.911. The highest BCUT2D eigenvalue weighted by Gasteiger charge is 2.37. The summed E-state index contributed by atoms with van der Waals surface area (Å²) in [5.41, 5.74) is 7.16. The van der Waals surface area contributed by atoms with Crippen molar-refractivity contribution in [2.24, 2.45) is 5.41 Å². The number of carboxylic acid groups (broad SMARTS) is 1. The molecule has 0 amide bonds. The second-order valence-corrected chi connectivity index (χ2v) is 12.8. The number of likely N-dealkylation sites (N-methyl/N-ethyl adjacent to an activating group) is 2. The maximum Gasteiger partial charge on any atom is 0.335 e. The first kappa shape index (κ1) is 30.3. The van der Waals surface area contributed by atoms with Crippen molar-refractivity contribution in [2.75, 3.05) is 32.1 Å². The van der Waals surface area contributed by atoms with Crippen molar-refractivity contribution in [1.82, 2.24) is 10.3 Å². The van der Waals surface area contributed by atoms with Crippen LogP contribution in [0.4, 0.5) is 5.69 Å². The molecule has 5 heteroatoms. The van der Waals surface area contributed by atoms with Gasteiger partial charge in [-0.1, -0.05) is 80.6 Å². The van der Waals surface area contributed by atoms with Gasteiger partial charge in [-0.05, 0) is 106 Å². The van der Waals surface area contributed by atoms with E-state index in [1.807, 2.05) is 13.1 Å². The van der Waals surface area contributed by atoms with Crippen LogP contribution in [0.3, 0.4) is 0 Å². The number of carbonyl (C=O) groups is 1. The van der Waals surface area contributed by atoms with Gasteiger partial charge in [-0.2, -0.15) is 0 Å². The van der Waals surface area contributed by atoms with Gasteiger partial charge in [-0.3, -0.25) is 4.98 Å². The molecule has 2 N–H and O–H groups in total. The largest absolute Gasteiger partial charge is 0.478 e. The fraction of sp³-hybridized carbons (Fsp3) is 0.250. The van der Waals surface area contributed by atoms with Crippen LogP contribution in [0.1, 0.15) is 46.8 Å². The SMILES string of the molecule is CNCCN(C)c1cccc(C2Cc3ccc4c(ccc5ccccc54)c3CC2(C)C)c1.O=C(O)c1ccc2ncccc2c1. The summed E-state index contributed by atoms with van der Waals surface area (Å²) in [5, 5.41) is 18.4. The van der Waals surface area contributed by atoms with Gasteiger partial charge < -0.3 is 15.3 Å². The predicted octanol–water partition coefficient (Wildman–Crippen LogP) is 8.49. The summed E-state index contributed by atoms with van der Waals surface area (Å²) in [4.78, 5) is 17.1. The first-order chi connectivity index (χ1) is 21.7. The Morgan fingerprint density at radius 2 is 1.69 bits per heavy atom. The first-order valence-electron chi connectivity index (χ1n) is 15.7. The van der Waals surface area contributed by atoms with E-state index in [0.29, 0.717) is 11.5 Å². The van der Waals surface area contributed by atoms with E-state index in [1.54, 1.807) is 36.0 Å². The van der Waals surface area contributed by atoms with E-state index in [1.165, 1.54) is 38.4 Å². The smallest absolute Gasteiger partial charge is 0.335 e. The highest BCUT2D eigenvalue weighted by Crippen LogP contribution is 2.48. The molecule has 5 nitrogen and oxygen atoms in total. The van der Waals surface area contributed by atoms with Crippen LogP contribution in [-0.2, 0) is 12.8 Å². The summed E-state index contributed by atoms with van der Waals surface area (Å²) >= 11 is 0. The van der Waals surface area contributed by atoms with E-state index in [-0.39, 0.29) is 5.41 Å². The lowest BCUT2D eigenvalue weighted by Crippen LogP contribution is -2.32. The van der Waals surface area contributed by atoms with Gasteiger partial charge in [0.1, 0.15) is 0 Å². The molecule has 0 saturated heterocycles. The number of carboxylic acids is 1. The topological polar surface area (TPSA) is 65.5 Å². The van der Waals surface area contributed by atoms with E-state index < -0.39 is 5.97 Å². The van der Waals surface area contributed by atoms with Crippen LogP contribution in [0, 0.1) is 5.41 Å². The van der Waals surface area contributed by atoms with Gasteiger partial charge in [0.15, 0.2) is 0 Å². The van der Waals surface area contributed by atoms with Crippen molar-refractivity contribution in [3.8, 4) is 0 Å². The highest BCUT2D eigenvalue weighted by molar-refractivity contribution is 6.08. The molecule has 1 aliphatic carbocycles. The average Bonchev–Trinajstić information content (AvgIpc) is 3.06. The number of pyridine rings is 1. The number of anilines is 1. The Kier molecular flexibility index (Phi) is 8.55. The first-order valence-corrected chi connectivity index (χ1v) is 15.7. The minimum absolute atomic E-state index is 0.203. The van der Waals surface area contributed by atoms with Crippen LogP contribution >= 0.6 is 0 Å². The quantitative estimate of drug-likeness (QED) is 0.189. The molecule has 0 saturated carbocycles. The highest BCUT2D eigenvalue weighted by atomic mass is 16.4. The molecule has 5 aromatic carbocycles. The fourth-order valence-electron chi connectivity index (χ4n) is 6.84. The van der Waals surface area contributed by atoms with Crippen LogP contribution in [0.2, 0.25) is 0 Å². The summed E-state index contributed by atoms with van der Waals surface area (Å²) in [6.45, 7) is 6.91. The molecule has 7 rings (SSSR count). The normalized spacial score (nSPS) is 15.3. The van der Waals surface area contributed by atoms with Crippen molar-refractivity contribution >= 4 is 44.1 Å². The number of benzene rings is 5. The van der Waals surface area contributed by atoms with Gasteiger partial charge in [0.2, 0.25) is 0 Å². The molecule has 45 heavy (non-hydrogen) atoms. The van der Waals surface area contributed by atoms with E-state index >= 15 is 0 Å². The molecular weight excluding hydrogens is 554 g/mol. The molecule has 0 spiro atoms. The fourth-order valence-corrected chi connectivity index (χ4v) is 6.84. The number of nitrogens with one attached hydrogen (secondary N) is 1. The van der Waals surface area contributed by atoms with Gasteiger partial charge >= 0.3 is 5.97 Å².